The van der Waals surface area contributed by atoms with Crippen molar-refractivity contribution in [3.8, 4) is 0 Å². The van der Waals surface area contributed by atoms with Crippen molar-refractivity contribution in [3.63, 3.8) is 0 Å². The highest BCUT2D eigenvalue weighted by Gasteiger charge is 2.38. The second-order valence-electron chi connectivity index (χ2n) is 7.27. The van der Waals surface area contributed by atoms with Gasteiger partial charge >= 0.3 is 11.9 Å². The fraction of sp³-hybridized carbons (Fsp3) is 0.500. The lowest BCUT2D eigenvalue weighted by molar-refractivity contribution is -0.159. The lowest BCUT2D eigenvalue weighted by Gasteiger charge is -2.21. The second kappa shape index (κ2) is 10.7. The van der Waals surface area contributed by atoms with Gasteiger partial charge in [0.05, 0.1) is 17.4 Å². The molecule has 0 spiro atoms. The predicted molar refractivity (Wildman–Crippen MR) is 113 cm³/mol. The van der Waals surface area contributed by atoms with Crippen LogP contribution >= 0.6 is 23.5 Å². The molecule has 2 bridgehead atoms. The molecule has 29 heavy (non-hydrogen) atoms. The van der Waals surface area contributed by atoms with Gasteiger partial charge in [-0.25, -0.2) is 9.59 Å². The molecule has 3 unspecified atom stereocenters. The number of fused-ring (bicyclic) bond motifs is 2. The topological polar surface area (TPSA) is 104 Å². The number of thioether (sulfide) groups is 1. The number of aryl methyl sites for hydroxylation is 1. The first-order valence-corrected chi connectivity index (χ1v) is 11.4. The van der Waals surface area contributed by atoms with Crippen molar-refractivity contribution in [1.29, 1.82) is 0 Å². The second-order valence-corrected chi connectivity index (χ2v) is 8.88. The van der Waals surface area contributed by atoms with Crippen LogP contribution in [0.1, 0.15) is 36.4 Å². The monoisotopic (exact) mass is 435 g/mol. The molecule has 3 atom stereocenters. The molecule has 2 aliphatic rings. The van der Waals surface area contributed by atoms with Crippen LogP contribution in [0.25, 0.3) is 0 Å². The van der Waals surface area contributed by atoms with Crippen molar-refractivity contribution in [2.75, 3.05) is 25.4 Å². The fourth-order valence-electron chi connectivity index (χ4n) is 3.93. The largest absolute Gasteiger partial charge is 0.473 e. The molecule has 0 radical (unpaired) electrons. The molecule has 156 valence electrons. The Bertz CT molecular complexity index is 803. The zero-order valence-electron chi connectivity index (χ0n) is 16.1. The Hall–Kier alpha value is -1.97. The highest BCUT2D eigenvalue weighted by Crippen LogP contribution is 2.41. The molecule has 1 aromatic carbocycles. The van der Waals surface area contributed by atoms with Crippen LogP contribution in [0.3, 0.4) is 0 Å². The first-order chi connectivity index (χ1) is 14.0. The molecule has 1 aromatic heterocycles. The molecule has 2 aromatic rings. The number of hydrogen-bond donors (Lipinski definition) is 2. The molecule has 0 saturated carbocycles. The lowest BCUT2D eigenvalue weighted by Crippen LogP contribution is -2.25. The van der Waals surface area contributed by atoms with Gasteiger partial charge in [-0.15, -0.1) is 11.8 Å². The number of carboxylic acid groups (broad SMARTS) is 2. The van der Waals surface area contributed by atoms with Gasteiger partial charge in [0, 0.05) is 19.0 Å². The van der Waals surface area contributed by atoms with E-state index in [0.29, 0.717) is 5.92 Å². The Morgan fingerprint density at radius 3 is 2.59 bits per heavy atom. The summed E-state index contributed by atoms with van der Waals surface area (Å²) in [5.74, 6) is -1.07. The minimum Gasteiger partial charge on any atom is -0.473 e. The van der Waals surface area contributed by atoms with E-state index in [4.69, 9.17) is 19.8 Å². The molecule has 3 heterocycles. The van der Waals surface area contributed by atoms with Gasteiger partial charge in [-0.1, -0.05) is 30.3 Å². The summed E-state index contributed by atoms with van der Waals surface area (Å²) in [6.45, 7) is 3.76. The van der Waals surface area contributed by atoms with E-state index in [-0.39, 0.29) is 0 Å². The first kappa shape index (κ1) is 21.7. The number of carbonyl (C=O) groups is 2. The summed E-state index contributed by atoms with van der Waals surface area (Å²) in [5, 5.41) is 16.0. The maximum Gasteiger partial charge on any atom is 0.414 e. The van der Waals surface area contributed by atoms with Gasteiger partial charge in [0.25, 0.3) is 0 Å². The number of piperidine rings is 1. The normalized spacial score (nSPS) is 22.6. The summed E-state index contributed by atoms with van der Waals surface area (Å²) in [7, 11) is 0. The first-order valence-electron chi connectivity index (χ1n) is 9.72. The van der Waals surface area contributed by atoms with Crippen LogP contribution < -0.4 is 0 Å². The van der Waals surface area contributed by atoms with Crippen LogP contribution in [0.15, 0.2) is 35.4 Å². The molecule has 4 rings (SSSR count). The molecular formula is C20H25N3O4S2. The number of carboxylic acids is 2. The molecule has 0 amide bonds. The number of aliphatic carboxylic acids is 2. The number of hydrogen-bond acceptors (Lipinski definition) is 7. The average molecular weight is 436 g/mol. The van der Waals surface area contributed by atoms with Crippen LogP contribution in [0.2, 0.25) is 0 Å². The van der Waals surface area contributed by atoms with E-state index in [2.05, 4.69) is 44.0 Å². The van der Waals surface area contributed by atoms with Crippen LogP contribution in [0, 0.1) is 5.92 Å². The molecule has 2 aliphatic heterocycles. The Balaban J connectivity index is 0.000000353. The Kier molecular flexibility index (Phi) is 8.02. The van der Waals surface area contributed by atoms with E-state index in [9.17, 15) is 0 Å². The molecule has 2 N–H and O–H groups in total. The van der Waals surface area contributed by atoms with Crippen molar-refractivity contribution in [2.45, 2.75) is 36.6 Å². The zero-order chi connectivity index (χ0) is 20.6. The molecule has 2 saturated heterocycles. The van der Waals surface area contributed by atoms with Crippen LogP contribution in [0.4, 0.5) is 0 Å². The standard InChI is InChI=1S/C18H23N3S2.C2H2O4/c1-2-6-14(7-3-1)8-5-11-22-18-17(19-23-20-18)16-13-21-10-4-9-15(16)12-21;3-1(4)2(5)6/h1-3,6-7,15-16H,4-5,8-13H2;(H,3,4)(H,5,6). The molecule has 0 aliphatic carbocycles. The van der Waals surface area contributed by atoms with Gasteiger partial charge in [-0.2, -0.15) is 8.75 Å². The van der Waals surface area contributed by atoms with Gasteiger partial charge < -0.3 is 15.1 Å². The minimum atomic E-state index is -1.82. The SMILES string of the molecule is O=C(O)C(=O)O.c1ccc(CCCSc2nsnc2C2CN3CCCC2C3)cc1. The zero-order valence-corrected chi connectivity index (χ0v) is 17.7. The highest BCUT2D eigenvalue weighted by molar-refractivity contribution is 7.99. The van der Waals surface area contributed by atoms with E-state index in [1.807, 2.05) is 11.8 Å². The van der Waals surface area contributed by atoms with Crippen LogP contribution in [0.5, 0.6) is 0 Å². The minimum absolute atomic E-state index is 0.632. The Labute approximate surface area is 178 Å². The van der Waals surface area contributed by atoms with E-state index >= 15 is 0 Å². The van der Waals surface area contributed by atoms with Gasteiger partial charge in [0.1, 0.15) is 5.03 Å². The van der Waals surface area contributed by atoms with E-state index in [1.165, 1.54) is 66.9 Å². The average Bonchev–Trinajstić information content (AvgIpc) is 3.29. The highest BCUT2D eigenvalue weighted by atomic mass is 32.2. The van der Waals surface area contributed by atoms with Crippen LogP contribution in [-0.2, 0) is 16.0 Å². The quantitative estimate of drug-likeness (QED) is 0.405. The molecule has 7 nitrogen and oxygen atoms in total. The third-order valence-corrected chi connectivity index (χ3v) is 7.00. The third kappa shape index (κ3) is 6.25. The summed E-state index contributed by atoms with van der Waals surface area (Å²) in [5.41, 5.74) is 2.73. The van der Waals surface area contributed by atoms with Gasteiger partial charge in [-0.3, -0.25) is 0 Å². The summed E-state index contributed by atoms with van der Waals surface area (Å²) in [6, 6.07) is 10.8. The van der Waals surface area contributed by atoms with E-state index in [0.717, 1.165) is 18.1 Å². The van der Waals surface area contributed by atoms with Gasteiger partial charge in [0.2, 0.25) is 0 Å². The Morgan fingerprint density at radius 2 is 1.90 bits per heavy atom. The van der Waals surface area contributed by atoms with Crippen molar-refractivity contribution < 1.29 is 19.8 Å². The third-order valence-electron chi connectivity index (χ3n) is 5.27. The van der Waals surface area contributed by atoms with Crippen molar-refractivity contribution in [2.24, 2.45) is 5.92 Å². The number of benzene rings is 1. The van der Waals surface area contributed by atoms with Gasteiger partial charge in [-0.05, 0) is 49.5 Å². The van der Waals surface area contributed by atoms with Crippen LogP contribution in [-0.4, -0.2) is 61.2 Å². The maximum absolute atomic E-state index is 9.10. The van der Waals surface area contributed by atoms with E-state index < -0.39 is 11.9 Å². The number of aromatic nitrogens is 2. The van der Waals surface area contributed by atoms with Gasteiger partial charge in [0.15, 0.2) is 0 Å². The van der Waals surface area contributed by atoms with E-state index in [1.54, 1.807) is 0 Å². The Morgan fingerprint density at radius 1 is 1.14 bits per heavy atom. The number of nitrogens with zero attached hydrogens (tertiary/aromatic N) is 3. The molecule has 2 fully saturated rings. The molecular weight excluding hydrogens is 410 g/mol. The summed E-state index contributed by atoms with van der Waals surface area (Å²) in [4.78, 5) is 20.8. The fourth-order valence-corrected chi connectivity index (χ4v) is 5.64. The van der Waals surface area contributed by atoms with Crippen molar-refractivity contribution in [3.05, 3.63) is 41.6 Å². The molecule has 9 heteroatoms. The van der Waals surface area contributed by atoms with Crippen molar-refractivity contribution >= 4 is 35.4 Å². The summed E-state index contributed by atoms with van der Waals surface area (Å²) >= 11 is 3.31. The summed E-state index contributed by atoms with van der Waals surface area (Å²) in [6.07, 6.45) is 5.08. The lowest BCUT2D eigenvalue weighted by atomic mass is 9.89. The maximum atomic E-state index is 9.10. The predicted octanol–water partition coefficient (Wildman–Crippen LogP) is 3.23. The summed E-state index contributed by atoms with van der Waals surface area (Å²) < 4.78 is 9.27. The smallest absolute Gasteiger partial charge is 0.414 e. The van der Waals surface area contributed by atoms with Crippen molar-refractivity contribution in [1.82, 2.24) is 13.6 Å². The number of rotatable bonds is 6.